The van der Waals surface area contributed by atoms with Crippen molar-refractivity contribution in [2.75, 3.05) is 7.11 Å². The molecule has 32 heavy (non-hydrogen) atoms. The minimum absolute atomic E-state index is 0.0262. The maximum Gasteiger partial charge on any atom is 0.268 e. The monoisotopic (exact) mass is 449 g/mol. The number of aromatic amines is 1. The van der Waals surface area contributed by atoms with Gasteiger partial charge >= 0.3 is 0 Å². The number of hydrogen-bond acceptors (Lipinski definition) is 4. The Balaban J connectivity index is 1.89. The number of nitrogens with one attached hydrogen (secondary N) is 1. The summed E-state index contributed by atoms with van der Waals surface area (Å²) in [5.74, 6) is -5.24. The smallest absolute Gasteiger partial charge is 0.268 e. The number of primary amides is 1. The van der Waals surface area contributed by atoms with Crippen LogP contribution in [0.25, 0.3) is 10.9 Å². The Labute approximate surface area is 179 Å². The zero-order valence-electron chi connectivity index (χ0n) is 16.9. The number of ether oxygens (including phenoxy) is 1. The molecule has 0 spiro atoms. The van der Waals surface area contributed by atoms with Crippen LogP contribution in [0.3, 0.4) is 0 Å². The molecule has 0 radical (unpaired) electrons. The molecule has 1 unspecified atom stereocenters. The Bertz CT molecular complexity index is 1260. The van der Waals surface area contributed by atoms with Crippen LogP contribution in [0.4, 0.5) is 17.6 Å². The van der Waals surface area contributed by atoms with Gasteiger partial charge < -0.3 is 15.5 Å². The van der Waals surface area contributed by atoms with Crippen LogP contribution in [-0.2, 0) is 0 Å². The zero-order chi connectivity index (χ0) is 23.2. The predicted molar refractivity (Wildman–Crippen MR) is 108 cm³/mol. The van der Waals surface area contributed by atoms with Gasteiger partial charge in [0.15, 0.2) is 17.0 Å². The van der Waals surface area contributed by atoms with Crippen molar-refractivity contribution in [3.05, 3.63) is 69.3 Å². The maximum absolute atomic E-state index is 14.4. The molecule has 3 N–H and O–H groups in total. The van der Waals surface area contributed by atoms with Crippen molar-refractivity contribution >= 4 is 16.8 Å². The summed E-state index contributed by atoms with van der Waals surface area (Å²) in [5, 5.41) is -0.0262. The van der Waals surface area contributed by atoms with E-state index in [1.807, 2.05) is 0 Å². The van der Waals surface area contributed by atoms with E-state index < -0.39 is 52.9 Å². The van der Waals surface area contributed by atoms with Crippen molar-refractivity contribution in [1.29, 1.82) is 0 Å². The minimum Gasteiger partial charge on any atom is -0.493 e. The number of carbonyl (C=O) groups is 1. The van der Waals surface area contributed by atoms with Crippen molar-refractivity contribution in [2.45, 2.75) is 37.0 Å². The maximum atomic E-state index is 14.4. The number of H-pyrrole nitrogens is 1. The lowest BCUT2D eigenvalue weighted by molar-refractivity contribution is 0.0940. The Morgan fingerprint density at radius 1 is 1.16 bits per heavy atom. The molecule has 3 aromatic rings. The molecule has 1 fully saturated rings. The first-order chi connectivity index (χ1) is 15.2. The summed E-state index contributed by atoms with van der Waals surface area (Å²) in [7, 11) is 1.15. The second-order valence-corrected chi connectivity index (χ2v) is 7.74. The lowest BCUT2D eigenvalue weighted by Crippen LogP contribution is -2.33. The number of fused-ring (bicyclic) bond motifs is 1. The molecule has 0 saturated heterocycles. The van der Waals surface area contributed by atoms with E-state index in [0.717, 1.165) is 13.2 Å². The number of pyridine rings is 2. The van der Waals surface area contributed by atoms with Crippen LogP contribution in [0.5, 0.6) is 5.75 Å². The van der Waals surface area contributed by atoms with Gasteiger partial charge in [0.25, 0.3) is 5.91 Å². The summed E-state index contributed by atoms with van der Waals surface area (Å²) in [5.41, 5.74) is 5.16. The fraction of sp³-hybridized carbons (Fsp3) is 0.318. The fourth-order valence-electron chi connectivity index (χ4n) is 4.45. The summed E-state index contributed by atoms with van der Waals surface area (Å²) in [6, 6.07) is 4.79. The molecule has 1 aliphatic rings. The van der Waals surface area contributed by atoms with Crippen LogP contribution in [0.1, 0.15) is 46.4 Å². The largest absolute Gasteiger partial charge is 0.493 e. The number of hydrogen-bond donors (Lipinski definition) is 2. The number of alkyl halides is 2. The topological polar surface area (TPSA) is 98.1 Å². The number of nitrogens with zero attached hydrogens (tertiary/aromatic N) is 1. The van der Waals surface area contributed by atoms with E-state index in [2.05, 4.69) is 9.97 Å². The summed E-state index contributed by atoms with van der Waals surface area (Å²) < 4.78 is 61.9. The van der Waals surface area contributed by atoms with E-state index in [-0.39, 0.29) is 40.7 Å². The van der Waals surface area contributed by atoms with Gasteiger partial charge in [-0.1, -0.05) is 6.07 Å². The normalized spacial score (nSPS) is 23.3. The number of aromatic nitrogens is 2. The molecule has 1 aromatic carbocycles. The van der Waals surface area contributed by atoms with Crippen LogP contribution >= 0.6 is 0 Å². The lowest BCUT2D eigenvalue weighted by atomic mass is 9.72. The van der Waals surface area contributed by atoms with E-state index >= 15 is 0 Å². The first-order valence-electron chi connectivity index (χ1n) is 9.84. The summed E-state index contributed by atoms with van der Waals surface area (Å²) >= 11 is 0. The first kappa shape index (κ1) is 21.8. The van der Waals surface area contributed by atoms with Gasteiger partial charge in [-0.15, -0.1) is 0 Å². The second kappa shape index (κ2) is 8.25. The van der Waals surface area contributed by atoms with Crippen LogP contribution in [0.2, 0.25) is 0 Å². The van der Waals surface area contributed by atoms with Crippen molar-refractivity contribution in [3.8, 4) is 5.75 Å². The van der Waals surface area contributed by atoms with Gasteiger partial charge in [-0.3, -0.25) is 14.6 Å². The average molecular weight is 449 g/mol. The van der Waals surface area contributed by atoms with E-state index in [1.165, 1.54) is 24.4 Å². The van der Waals surface area contributed by atoms with Gasteiger partial charge in [0.05, 0.1) is 18.0 Å². The summed E-state index contributed by atoms with van der Waals surface area (Å²) in [6.45, 7) is 0. The van der Waals surface area contributed by atoms with E-state index in [9.17, 15) is 27.2 Å². The van der Waals surface area contributed by atoms with Crippen molar-refractivity contribution in [2.24, 2.45) is 5.73 Å². The van der Waals surface area contributed by atoms with Crippen LogP contribution in [-0.4, -0.2) is 35.3 Å². The number of carbonyl (C=O) groups excluding carboxylic acids is 1. The van der Waals surface area contributed by atoms with Gasteiger partial charge in [0.2, 0.25) is 5.82 Å². The molecule has 4 rings (SSSR count). The molecule has 2 heterocycles. The molecule has 0 bridgehead atoms. The fourth-order valence-corrected chi connectivity index (χ4v) is 4.45. The molecule has 4 atom stereocenters. The summed E-state index contributed by atoms with van der Waals surface area (Å²) in [4.78, 5) is 31.3. The van der Waals surface area contributed by atoms with Crippen molar-refractivity contribution < 1.29 is 27.1 Å². The Morgan fingerprint density at radius 2 is 1.84 bits per heavy atom. The Kier molecular flexibility index (Phi) is 5.62. The third-order valence-corrected chi connectivity index (χ3v) is 5.92. The lowest BCUT2D eigenvalue weighted by Gasteiger charge is -2.36. The Morgan fingerprint density at radius 3 is 2.50 bits per heavy atom. The van der Waals surface area contributed by atoms with Gasteiger partial charge in [0, 0.05) is 29.4 Å². The van der Waals surface area contributed by atoms with E-state index in [0.29, 0.717) is 0 Å². The molecule has 2 aromatic heterocycles. The number of benzene rings is 1. The quantitative estimate of drug-likeness (QED) is 0.594. The SMILES string of the molecule is COc1c(C2C[C@@H](F)[C@H](F)C[C@H]2c2cc(=O)c3c(C(N)=O)nccc3[nH]2)ccc(F)c1F. The van der Waals surface area contributed by atoms with Crippen LogP contribution in [0, 0.1) is 11.6 Å². The zero-order valence-corrected chi connectivity index (χ0v) is 16.9. The number of halogens is 4. The second-order valence-electron chi connectivity index (χ2n) is 7.74. The third-order valence-electron chi connectivity index (χ3n) is 5.92. The van der Waals surface area contributed by atoms with Crippen molar-refractivity contribution in [1.82, 2.24) is 9.97 Å². The molecule has 1 aliphatic carbocycles. The highest BCUT2D eigenvalue weighted by molar-refractivity contribution is 6.03. The molecule has 6 nitrogen and oxygen atoms in total. The average Bonchev–Trinajstić information content (AvgIpc) is 2.76. The molecule has 1 amide bonds. The first-order valence-corrected chi connectivity index (χ1v) is 9.84. The number of amides is 1. The van der Waals surface area contributed by atoms with Gasteiger partial charge in [-0.2, -0.15) is 4.39 Å². The third kappa shape index (κ3) is 3.59. The molecular formula is C22H19F4N3O3. The molecule has 1 saturated carbocycles. The molecule has 0 aliphatic heterocycles. The number of rotatable bonds is 4. The van der Waals surface area contributed by atoms with E-state index in [1.54, 1.807) is 0 Å². The molecular weight excluding hydrogens is 430 g/mol. The number of methoxy groups -OCH3 is 1. The molecule has 168 valence electrons. The standard InChI is InChI=1S/C22H19F4N3O3/c1-32-21-9(2-3-12(23)19(21)26)10-6-13(24)14(25)7-11(10)16-8-17(30)18-15(29-16)4-5-28-20(18)22(27)31/h2-5,8,10-11,13-14H,6-7H2,1H3,(H2,27,31)(H,29,30)/t10?,11-,13-,14-/m1/s1. The minimum atomic E-state index is -1.83. The molecule has 10 heteroatoms. The van der Waals surface area contributed by atoms with Gasteiger partial charge in [0.1, 0.15) is 18.0 Å². The van der Waals surface area contributed by atoms with Gasteiger partial charge in [-0.25, -0.2) is 13.2 Å². The highest BCUT2D eigenvalue weighted by atomic mass is 19.2. The van der Waals surface area contributed by atoms with Crippen LogP contribution < -0.4 is 15.9 Å². The van der Waals surface area contributed by atoms with Crippen LogP contribution in [0.15, 0.2) is 35.3 Å². The predicted octanol–water partition coefficient (Wildman–Crippen LogP) is 3.65. The Hall–Kier alpha value is -3.43. The van der Waals surface area contributed by atoms with Gasteiger partial charge in [-0.05, 0) is 30.9 Å². The van der Waals surface area contributed by atoms with Crippen molar-refractivity contribution in [3.63, 3.8) is 0 Å². The van der Waals surface area contributed by atoms with E-state index in [4.69, 9.17) is 10.5 Å². The number of nitrogens with two attached hydrogens (primary N) is 1. The highest BCUT2D eigenvalue weighted by Crippen LogP contribution is 2.48. The highest BCUT2D eigenvalue weighted by Gasteiger charge is 2.41. The summed E-state index contributed by atoms with van der Waals surface area (Å²) in [6.07, 6.45) is -2.98.